The average Bonchev–Trinajstić information content (AvgIpc) is 2.53. The van der Waals surface area contributed by atoms with Crippen molar-refractivity contribution in [1.82, 2.24) is 0 Å². The monoisotopic (exact) mass is 346 g/mol. The molecule has 138 valence electrons. The van der Waals surface area contributed by atoms with Gasteiger partial charge in [0.2, 0.25) is 0 Å². The Bertz CT molecular complexity index is 463. The zero-order valence-corrected chi connectivity index (χ0v) is 15.0. The van der Waals surface area contributed by atoms with Crippen LogP contribution in [0, 0.1) is 17.3 Å². The quantitative estimate of drug-likeness (QED) is 0.475. The lowest BCUT2D eigenvalue weighted by atomic mass is 9.86. The molecule has 0 rings (SSSR count). The zero-order chi connectivity index (χ0) is 18.9. The van der Waals surface area contributed by atoms with Gasteiger partial charge in [-0.15, -0.1) is 0 Å². The molecular formula is C16H26O8. The molecule has 0 heterocycles. The molecule has 0 N–H and O–H groups in total. The van der Waals surface area contributed by atoms with Crippen LogP contribution < -0.4 is 0 Å². The summed E-state index contributed by atoms with van der Waals surface area (Å²) in [4.78, 5) is 47.4. The van der Waals surface area contributed by atoms with E-state index in [4.69, 9.17) is 4.74 Å². The Morgan fingerprint density at radius 2 is 1.17 bits per heavy atom. The predicted molar refractivity (Wildman–Crippen MR) is 82.7 cm³/mol. The van der Waals surface area contributed by atoms with Gasteiger partial charge in [-0.25, -0.2) is 0 Å². The van der Waals surface area contributed by atoms with E-state index in [1.807, 2.05) is 20.8 Å². The van der Waals surface area contributed by atoms with Gasteiger partial charge in [0.15, 0.2) is 0 Å². The third-order valence-corrected chi connectivity index (χ3v) is 3.16. The molecule has 0 aromatic rings. The van der Waals surface area contributed by atoms with E-state index in [-0.39, 0.29) is 12.0 Å². The number of carbonyl (C=O) groups excluding carboxylic acids is 4. The van der Waals surface area contributed by atoms with Gasteiger partial charge < -0.3 is 18.9 Å². The van der Waals surface area contributed by atoms with Crippen LogP contribution in [-0.4, -0.2) is 51.8 Å². The van der Waals surface area contributed by atoms with Crippen molar-refractivity contribution in [2.45, 2.75) is 33.6 Å². The van der Waals surface area contributed by atoms with Crippen molar-refractivity contribution in [3.8, 4) is 0 Å². The zero-order valence-electron chi connectivity index (χ0n) is 15.0. The summed E-state index contributed by atoms with van der Waals surface area (Å²) in [6.45, 7) is 5.80. The van der Waals surface area contributed by atoms with Crippen molar-refractivity contribution in [2.75, 3.05) is 27.9 Å². The van der Waals surface area contributed by atoms with Gasteiger partial charge in [-0.05, 0) is 5.41 Å². The average molecular weight is 346 g/mol. The Hall–Kier alpha value is -2.12. The van der Waals surface area contributed by atoms with Gasteiger partial charge in [0.1, 0.15) is 0 Å². The van der Waals surface area contributed by atoms with Crippen LogP contribution in [0.4, 0.5) is 0 Å². The molecular weight excluding hydrogens is 320 g/mol. The second-order valence-electron chi connectivity index (χ2n) is 6.47. The van der Waals surface area contributed by atoms with E-state index >= 15 is 0 Å². The number of esters is 4. The lowest BCUT2D eigenvalue weighted by Crippen LogP contribution is -2.36. The topological polar surface area (TPSA) is 105 Å². The fourth-order valence-corrected chi connectivity index (χ4v) is 1.88. The van der Waals surface area contributed by atoms with Crippen LogP contribution in [0.25, 0.3) is 0 Å². The Labute approximate surface area is 141 Å². The molecule has 0 amide bonds. The smallest absolute Gasteiger partial charge is 0.310 e. The molecule has 8 nitrogen and oxygen atoms in total. The van der Waals surface area contributed by atoms with Crippen molar-refractivity contribution < 1.29 is 38.1 Å². The van der Waals surface area contributed by atoms with Crippen molar-refractivity contribution >= 4 is 23.9 Å². The molecule has 0 bridgehead atoms. The molecule has 24 heavy (non-hydrogen) atoms. The van der Waals surface area contributed by atoms with Gasteiger partial charge in [0.05, 0.1) is 52.6 Å². The number of hydrogen-bond acceptors (Lipinski definition) is 8. The van der Waals surface area contributed by atoms with Crippen LogP contribution in [0.15, 0.2) is 0 Å². The molecule has 0 aromatic carbocycles. The first-order valence-electron chi connectivity index (χ1n) is 7.43. The van der Waals surface area contributed by atoms with E-state index in [1.54, 1.807) is 0 Å². The molecule has 0 aliphatic rings. The van der Waals surface area contributed by atoms with Gasteiger partial charge in [-0.2, -0.15) is 0 Å². The van der Waals surface area contributed by atoms with E-state index in [2.05, 4.69) is 14.2 Å². The molecule has 0 aliphatic carbocycles. The van der Waals surface area contributed by atoms with Crippen LogP contribution in [0.2, 0.25) is 0 Å². The second-order valence-corrected chi connectivity index (χ2v) is 6.47. The molecule has 0 aliphatic heterocycles. The molecule has 0 spiro atoms. The van der Waals surface area contributed by atoms with Gasteiger partial charge in [-0.1, -0.05) is 20.8 Å². The summed E-state index contributed by atoms with van der Waals surface area (Å²) in [5, 5.41) is 0. The van der Waals surface area contributed by atoms with Crippen LogP contribution in [0.3, 0.4) is 0 Å². The Morgan fingerprint density at radius 3 is 1.50 bits per heavy atom. The van der Waals surface area contributed by atoms with E-state index in [0.29, 0.717) is 0 Å². The molecule has 0 fully saturated rings. The standard InChI is InChI=1S/C16H26O8/c1-16(2,3)9-24-13(18)8-11(15(20)23-6)10(14(19)22-5)7-12(17)21-4/h10-11H,7-9H2,1-6H3. The number of ether oxygens (including phenoxy) is 4. The van der Waals surface area contributed by atoms with Gasteiger partial charge in [0.25, 0.3) is 0 Å². The fraction of sp³-hybridized carbons (Fsp3) is 0.750. The lowest BCUT2D eigenvalue weighted by Gasteiger charge is -2.23. The second kappa shape index (κ2) is 9.89. The maximum Gasteiger partial charge on any atom is 0.310 e. The van der Waals surface area contributed by atoms with Gasteiger partial charge in [0, 0.05) is 0 Å². The molecule has 0 radical (unpaired) electrons. The summed E-state index contributed by atoms with van der Waals surface area (Å²) < 4.78 is 18.9. The summed E-state index contributed by atoms with van der Waals surface area (Å²) in [6, 6.07) is 0. The van der Waals surface area contributed by atoms with Crippen LogP contribution in [0.1, 0.15) is 33.6 Å². The summed E-state index contributed by atoms with van der Waals surface area (Å²) in [5.74, 6) is -5.38. The minimum absolute atomic E-state index is 0.152. The highest BCUT2D eigenvalue weighted by Crippen LogP contribution is 2.24. The molecule has 2 unspecified atom stereocenters. The van der Waals surface area contributed by atoms with Crippen LogP contribution in [-0.2, 0) is 38.1 Å². The lowest BCUT2D eigenvalue weighted by molar-refractivity contribution is -0.165. The third kappa shape index (κ3) is 7.94. The summed E-state index contributed by atoms with van der Waals surface area (Å²) >= 11 is 0. The molecule has 2 atom stereocenters. The van der Waals surface area contributed by atoms with E-state index in [1.165, 1.54) is 0 Å². The Morgan fingerprint density at radius 1 is 0.750 bits per heavy atom. The van der Waals surface area contributed by atoms with E-state index < -0.39 is 48.6 Å². The Balaban J connectivity index is 5.23. The summed E-state index contributed by atoms with van der Waals surface area (Å²) in [6.07, 6.45) is -0.811. The maximum atomic E-state index is 12.0. The van der Waals surface area contributed by atoms with E-state index in [9.17, 15) is 19.2 Å². The van der Waals surface area contributed by atoms with Crippen molar-refractivity contribution in [1.29, 1.82) is 0 Å². The first kappa shape index (κ1) is 21.9. The van der Waals surface area contributed by atoms with Crippen LogP contribution in [0.5, 0.6) is 0 Å². The third-order valence-electron chi connectivity index (χ3n) is 3.16. The Kier molecular flexibility index (Phi) is 9.02. The van der Waals surface area contributed by atoms with E-state index in [0.717, 1.165) is 21.3 Å². The predicted octanol–water partition coefficient (Wildman–Crippen LogP) is 1.11. The fourth-order valence-electron chi connectivity index (χ4n) is 1.88. The SMILES string of the molecule is COC(=O)CC(C(=O)OC)C(CC(=O)OCC(C)(C)C)C(=O)OC. The summed E-state index contributed by atoms with van der Waals surface area (Å²) in [5.41, 5.74) is -0.246. The van der Waals surface area contributed by atoms with Crippen molar-refractivity contribution in [3.05, 3.63) is 0 Å². The highest BCUT2D eigenvalue weighted by Gasteiger charge is 2.39. The van der Waals surface area contributed by atoms with Gasteiger partial charge >= 0.3 is 23.9 Å². The number of hydrogen-bond donors (Lipinski definition) is 0. The van der Waals surface area contributed by atoms with Crippen molar-refractivity contribution in [3.63, 3.8) is 0 Å². The first-order chi connectivity index (χ1) is 11.1. The molecule has 0 aromatic heterocycles. The number of carbonyl (C=O) groups is 4. The summed E-state index contributed by atoms with van der Waals surface area (Å²) in [7, 11) is 3.41. The maximum absolute atomic E-state index is 12.0. The largest absolute Gasteiger partial charge is 0.469 e. The van der Waals surface area contributed by atoms with Gasteiger partial charge in [-0.3, -0.25) is 19.2 Å². The molecule has 0 saturated heterocycles. The first-order valence-corrected chi connectivity index (χ1v) is 7.43. The number of rotatable bonds is 8. The minimum atomic E-state index is -1.20. The van der Waals surface area contributed by atoms with Crippen molar-refractivity contribution in [2.24, 2.45) is 17.3 Å². The minimum Gasteiger partial charge on any atom is -0.469 e. The molecule has 0 saturated carbocycles. The van der Waals surface area contributed by atoms with Crippen LogP contribution >= 0.6 is 0 Å². The highest BCUT2D eigenvalue weighted by atomic mass is 16.5. The molecule has 8 heteroatoms. The highest BCUT2D eigenvalue weighted by molar-refractivity contribution is 5.88. The normalized spacial score (nSPS) is 13.4. The number of methoxy groups -OCH3 is 3.